The van der Waals surface area contributed by atoms with Gasteiger partial charge in [0.05, 0.1) is 34.4 Å². The van der Waals surface area contributed by atoms with Crippen molar-refractivity contribution in [2.45, 2.75) is 225 Å². The highest BCUT2D eigenvalue weighted by Crippen LogP contribution is 2.16. The van der Waals surface area contributed by atoms with Crippen LogP contribution in [-0.2, 0) is 19.3 Å². The molecule has 0 amide bonds. The van der Waals surface area contributed by atoms with E-state index in [0.717, 1.165) is 37.7 Å². The Morgan fingerprint density at radius 3 is 1.06 bits per heavy atom. The number of unbranched alkanes of at least 4 members (excludes halogenated alkanes) is 30. The molecule has 1 unspecified atom stereocenters. The van der Waals surface area contributed by atoms with Crippen molar-refractivity contribution in [1.29, 1.82) is 0 Å². The summed E-state index contributed by atoms with van der Waals surface area (Å²) in [6, 6.07) is 0. The fraction of sp³-hybridized carbons (Fsp3) is 1.00. The van der Waals surface area contributed by atoms with Crippen LogP contribution in [0.25, 0.3) is 0 Å². The van der Waals surface area contributed by atoms with Crippen molar-refractivity contribution in [1.82, 2.24) is 0 Å². The van der Waals surface area contributed by atoms with Gasteiger partial charge in [0, 0.05) is 6.61 Å². The van der Waals surface area contributed by atoms with Crippen molar-refractivity contribution in [3.8, 4) is 0 Å². The lowest BCUT2D eigenvalue weighted by Gasteiger charge is -2.32. The van der Waals surface area contributed by atoms with E-state index in [0.29, 0.717) is 6.61 Å². The third kappa shape index (κ3) is 47.8. The van der Waals surface area contributed by atoms with Crippen molar-refractivity contribution in [3.05, 3.63) is 0 Å². The molecular weight excluding hydrogens is 647 g/mol. The number of aliphatic hydroxyl groups excluding tert-OH is 1. The molecule has 0 rings (SSSR count). The number of aliphatic hydroxyl groups is 1. The maximum atomic E-state index is 10.5. The molecule has 0 bridgehead atoms. The maximum Gasteiger partial charge on any atom is 0.217 e. The number of nitrogens with zero attached hydrogens (tertiary/aromatic N) is 1. The van der Waals surface area contributed by atoms with Gasteiger partial charge in [0.1, 0.15) is 12.6 Å². The quantitative estimate of drug-likeness (QED) is 0.0292. The summed E-state index contributed by atoms with van der Waals surface area (Å²) in [6.07, 6.45) is 44.7. The average molecular weight is 736 g/mol. The topological polar surface area (TPSA) is 95.9 Å². The zero-order valence-electron chi connectivity index (χ0n) is 34.4. The molecule has 0 aromatic rings. The normalized spacial score (nSPS) is 12.6. The highest BCUT2D eigenvalue weighted by molar-refractivity contribution is 7.80. The smallest absolute Gasteiger partial charge is 0.217 e. The van der Waals surface area contributed by atoms with Crippen LogP contribution >= 0.6 is 0 Å². The van der Waals surface area contributed by atoms with Crippen molar-refractivity contribution < 1.29 is 31.5 Å². The number of likely N-dealkylation sites (N-methyl/N-ethyl adjacent to an activating group) is 1. The summed E-state index contributed by atoms with van der Waals surface area (Å²) < 4.78 is 37.8. The molecule has 7 nitrogen and oxygen atoms in total. The van der Waals surface area contributed by atoms with Crippen LogP contribution in [-0.4, -0.2) is 76.2 Å². The first-order valence-electron chi connectivity index (χ1n) is 21.7. The molecule has 304 valence electrons. The van der Waals surface area contributed by atoms with E-state index >= 15 is 0 Å². The molecule has 0 saturated heterocycles. The van der Waals surface area contributed by atoms with Gasteiger partial charge >= 0.3 is 0 Å². The summed E-state index contributed by atoms with van der Waals surface area (Å²) in [5.74, 6) is 0. The Hall–Kier alpha value is -0.250. The number of quaternary nitrogens is 1. The molecule has 0 aromatic carbocycles. The predicted octanol–water partition coefficient (Wildman–Crippen LogP) is 12.1. The zero-order chi connectivity index (χ0) is 37.4. The first-order valence-corrected chi connectivity index (χ1v) is 23.0. The first-order chi connectivity index (χ1) is 24.1. The van der Waals surface area contributed by atoms with Crippen LogP contribution in [0, 0.1) is 0 Å². The van der Waals surface area contributed by atoms with Crippen molar-refractivity contribution in [3.63, 3.8) is 0 Å². The predicted molar refractivity (Wildman–Crippen MR) is 214 cm³/mol. The van der Waals surface area contributed by atoms with Gasteiger partial charge in [0.25, 0.3) is 0 Å². The Balaban J connectivity index is 0. The number of ether oxygens (including phenoxy) is 1. The molecule has 0 spiro atoms. The second-order valence-corrected chi connectivity index (χ2v) is 16.9. The second kappa shape index (κ2) is 39.9. The van der Waals surface area contributed by atoms with E-state index in [1.807, 2.05) is 0 Å². The van der Waals surface area contributed by atoms with E-state index < -0.39 is 10.4 Å². The van der Waals surface area contributed by atoms with Gasteiger partial charge in [-0.2, -0.15) is 0 Å². The highest BCUT2D eigenvalue weighted by Gasteiger charge is 2.20. The minimum Gasteiger partial charge on any atom is -0.726 e. The zero-order valence-corrected chi connectivity index (χ0v) is 35.2. The molecule has 0 aliphatic heterocycles. The Morgan fingerprint density at radius 1 is 0.520 bits per heavy atom. The lowest BCUT2D eigenvalue weighted by molar-refractivity contribution is -0.893. The number of hydrogen-bond acceptors (Lipinski definition) is 6. The molecule has 8 heteroatoms. The molecule has 0 aromatic heterocycles. The second-order valence-electron chi connectivity index (χ2n) is 15.8. The molecule has 0 aliphatic carbocycles. The molecule has 0 saturated carbocycles. The van der Waals surface area contributed by atoms with Crippen LogP contribution in [0.5, 0.6) is 0 Å². The van der Waals surface area contributed by atoms with E-state index in [-0.39, 0.29) is 6.10 Å². The average Bonchev–Trinajstić information content (AvgIpc) is 3.07. The standard InChI is InChI=1S/C41H86NO2.CH4O4S/c1-5-7-9-11-13-15-17-19-21-23-25-27-29-31-33-35-37-42(3,4)39-41(43)40-44-38-36-34-32-30-28-26-24-22-20-18-16-14-12-10-8-6-2;1-5-6(2,3)4/h41,43H,5-40H2,1-4H3;1H3,(H,2,3,4)/q+1;/p-1. The monoisotopic (exact) mass is 736 g/mol. The molecule has 0 radical (unpaired) electrons. The third-order valence-electron chi connectivity index (χ3n) is 9.98. The minimum absolute atomic E-state index is 0.341. The lowest BCUT2D eigenvalue weighted by atomic mass is 10.0. The van der Waals surface area contributed by atoms with Gasteiger partial charge in [-0.25, -0.2) is 8.42 Å². The first kappa shape index (κ1) is 51.9. The summed E-state index contributed by atoms with van der Waals surface area (Å²) in [4.78, 5) is 0. The summed E-state index contributed by atoms with van der Waals surface area (Å²) >= 11 is 0. The Morgan fingerprint density at radius 2 is 0.780 bits per heavy atom. The van der Waals surface area contributed by atoms with E-state index in [1.54, 1.807) is 0 Å². The van der Waals surface area contributed by atoms with Gasteiger partial charge < -0.3 is 18.9 Å². The van der Waals surface area contributed by atoms with Crippen LogP contribution in [0.3, 0.4) is 0 Å². The number of hydrogen-bond donors (Lipinski definition) is 1. The molecular formula is C42H89NO6S. The molecule has 50 heavy (non-hydrogen) atoms. The molecule has 1 N–H and O–H groups in total. The SMILES string of the molecule is CCCCCCCCCCCCCCCCCCOCC(O)C[N+](C)(C)CCCCCCCCCCCCCCCCCC.COS(=O)(=O)[O-]. The van der Waals surface area contributed by atoms with E-state index in [1.165, 1.54) is 199 Å². The maximum absolute atomic E-state index is 10.5. The number of rotatable bonds is 39. The molecule has 0 aliphatic rings. The molecule has 0 fully saturated rings. The largest absolute Gasteiger partial charge is 0.726 e. The fourth-order valence-corrected chi connectivity index (χ4v) is 6.77. The summed E-state index contributed by atoms with van der Waals surface area (Å²) in [6.45, 7) is 7.87. The molecule has 0 heterocycles. The third-order valence-corrected chi connectivity index (χ3v) is 10.4. The Bertz CT molecular complexity index is 749. The minimum atomic E-state index is -4.41. The van der Waals surface area contributed by atoms with Crippen LogP contribution in [0.1, 0.15) is 219 Å². The molecule has 1 atom stereocenters. The summed E-state index contributed by atoms with van der Waals surface area (Å²) in [5.41, 5.74) is 0. The Kier molecular flexibility index (Phi) is 41.4. The van der Waals surface area contributed by atoms with Crippen LogP contribution < -0.4 is 0 Å². The van der Waals surface area contributed by atoms with Crippen molar-refractivity contribution >= 4 is 10.4 Å². The van der Waals surface area contributed by atoms with Crippen molar-refractivity contribution in [2.24, 2.45) is 0 Å². The fourth-order valence-electron chi connectivity index (χ4n) is 6.77. The van der Waals surface area contributed by atoms with E-state index in [9.17, 15) is 18.1 Å². The summed E-state index contributed by atoms with van der Waals surface area (Å²) in [7, 11) is 0.932. The van der Waals surface area contributed by atoms with E-state index in [4.69, 9.17) is 4.74 Å². The van der Waals surface area contributed by atoms with Crippen LogP contribution in [0.4, 0.5) is 0 Å². The van der Waals surface area contributed by atoms with E-state index in [2.05, 4.69) is 32.1 Å². The Labute approximate surface area is 314 Å². The van der Waals surface area contributed by atoms with Crippen LogP contribution in [0.2, 0.25) is 0 Å². The van der Waals surface area contributed by atoms with Gasteiger partial charge in [-0.3, -0.25) is 4.18 Å². The van der Waals surface area contributed by atoms with Gasteiger partial charge in [-0.05, 0) is 19.3 Å². The highest BCUT2D eigenvalue weighted by atomic mass is 32.3. The van der Waals surface area contributed by atoms with Gasteiger partial charge in [0.15, 0.2) is 0 Å². The van der Waals surface area contributed by atoms with Gasteiger partial charge in [-0.1, -0.05) is 200 Å². The lowest BCUT2D eigenvalue weighted by Crippen LogP contribution is -2.47. The summed E-state index contributed by atoms with van der Waals surface area (Å²) in [5, 5.41) is 10.5. The van der Waals surface area contributed by atoms with Crippen LogP contribution in [0.15, 0.2) is 0 Å². The van der Waals surface area contributed by atoms with Crippen molar-refractivity contribution in [2.75, 3.05) is 47.5 Å². The van der Waals surface area contributed by atoms with Gasteiger partial charge in [0.2, 0.25) is 10.4 Å². The van der Waals surface area contributed by atoms with Gasteiger partial charge in [-0.15, -0.1) is 0 Å².